The van der Waals surface area contributed by atoms with Gasteiger partial charge < -0.3 is 15.0 Å². The van der Waals surface area contributed by atoms with Gasteiger partial charge in [-0.15, -0.1) is 0 Å². The maximum Gasteiger partial charge on any atom is 0.217 e. The molecule has 4 nitrogen and oxygen atoms in total. The Hall–Kier alpha value is -1.55. The minimum absolute atomic E-state index is 0.108. The van der Waals surface area contributed by atoms with Crippen LogP contribution in [0.25, 0.3) is 0 Å². The van der Waals surface area contributed by atoms with Crippen LogP contribution in [0.5, 0.6) is 0 Å². The third-order valence-corrected chi connectivity index (χ3v) is 8.55. The van der Waals surface area contributed by atoms with Gasteiger partial charge in [-0.2, -0.15) is 0 Å². The van der Waals surface area contributed by atoms with Crippen molar-refractivity contribution < 1.29 is 9.53 Å². The number of anilines is 1. The lowest BCUT2D eigenvalue weighted by Gasteiger charge is -2.53. The van der Waals surface area contributed by atoms with Crippen molar-refractivity contribution in [3.05, 3.63) is 29.8 Å². The van der Waals surface area contributed by atoms with E-state index in [4.69, 9.17) is 4.74 Å². The summed E-state index contributed by atoms with van der Waals surface area (Å²) in [5.74, 6) is 1.29. The molecule has 5 rings (SSSR count). The van der Waals surface area contributed by atoms with E-state index in [1.54, 1.807) is 6.92 Å². The highest BCUT2D eigenvalue weighted by Crippen LogP contribution is 2.70. The molecule has 2 heterocycles. The quantitative estimate of drug-likeness (QED) is 0.847. The van der Waals surface area contributed by atoms with Crippen LogP contribution < -0.4 is 10.2 Å². The number of benzene rings is 1. The van der Waals surface area contributed by atoms with Gasteiger partial charge >= 0.3 is 0 Å². The van der Waals surface area contributed by atoms with Gasteiger partial charge in [0.2, 0.25) is 5.91 Å². The first kappa shape index (κ1) is 18.5. The molecule has 2 saturated heterocycles. The molecule has 4 aliphatic rings. The highest BCUT2D eigenvalue weighted by Gasteiger charge is 2.68. The van der Waals surface area contributed by atoms with E-state index in [2.05, 4.69) is 48.3 Å². The summed E-state index contributed by atoms with van der Waals surface area (Å²) in [6.45, 7) is 9.55. The molecule has 2 saturated carbocycles. The monoisotopic (exact) mass is 382 g/mol. The summed E-state index contributed by atoms with van der Waals surface area (Å²) in [5.41, 5.74) is 3.02. The Balaban J connectivity index is 1.43. The number of carbonyl (C=O) groups is 1. The zero-order valence-corrected chi connectivity index (χ0v) is 17.5. The number of hydrogen-bond donors (Lipinski definition) is 1. The smallest absolute Gasteiger partial charge is 0.217 e. The maximum atomic E-state index is 12.0. The Morgan fingerprint density at radius 2 is 1.89 bits per heavy atom. The summed E-state index contributed by atoms with van der Waals surface area (Å²) in [4.78, 5) is 14.5. The van der Waals surface area contributed by atoms with Crippen molar-refractivity contribution in [1.29, 1.82) is 0 Å². The lowest BCUT2D eigenvalue weighted by Crippen LogP contribution is -2.58. The molecular formula is C24H34N2O2. The predicted molar refractivity (Wildman–Crippen MR) is 111 cm³/mol. The van der Waals surface area contributed by atoms with Crippen LogP contribution in [0.1, 0.15) is 64.5 Å². The number of ether oxygens (including phenoxy) is 1. The minimum atomic E-state index is 0.108. The molecule has 1 spiro atoms. The minimum Gasteiger partial charge on any atom is -0.373 e. The second kappa shape index (κ2) is 6.48. The maximum absolute atomic E-state index is 12.0. The zero-order valence-electron chi connectivity index (χ0n) is 17.5. The highest BCUT2D eigenvalue weighted by atomic mass is 16.5. The average molecular weight is 383 g/mol. The molecule has 1 N–H and O–H groups in total. The molecule has 28 heavy (non-hydrogen) atoms. The van der Waals surface area contributed by atoms with Gasteiger partial charge in [0.05, 0.1) is 6.10 Å². The zero-order chi connectivity index (χ0) is 19.5. The molecule has 152 valence electrons. The predicted octanol–water partition coefficient (Wildman–Crippen LogP) is 4.31. The van der Waals surface area contributed by atoms with Crippen molar-refractivity contribution in [3.8, 4) is 0 Å². The lowest BCUT2D eigenvalue weighted by molar-refractivity contribution is -0.135. The number of nitrogens with one attached hydrogen (secondary N) is 1. The standard InChI is InChI=1S/C24H34N2O2/c1-16(27)25-22-23(2,3)18-14-20-21(28-13-10-24(20,22)15-18)17-6-8-19(9-7-17)26-11-4-5-12-26/h6-9,18,20-22H,4-5,10-15H2,1-3H3,(H,25,27)/t18-,20-,21-,22+,24-/m1/s1. The summed E-state index contributed by atoms with van der Waals surface area (Å²) in [6, 6.07) is 9.42. The van der Waals surface area contributed by atoms with E-state index in [0.717, 1.165) is 13.0 Å². The number of amides is 1. The van der Waals surface area contributed by atoms with Gasteiger partial charge in [-0.25, -0.2) is 0 Å². The van der Waals surface area contributed by atoms with Crippen LogP contribution >= 0.6 is 0 Å². The first-order valence-electron chi connectivity index (χ1n) is 11.2. The first-order chi connectivity index (χ1) is 13.4. The fourth-order valence-corrected chi connectivity index (χ4v) is 7.17. The van der Waals surface area contributed by atoms with E-state index in [1.807, 2.05) is 0 Å². The van der Waals surface area contributed by atoms with Gasteiger partial charge in [-0.1, -0.05) is 26.0 Å². The topological polar surface area (TPSA) is 41.6 Å². The van der Waals surface area contributed by atoms with E-state index < -0.39 is 0 Å². The van der Waals surface area contributed by atoms with Crippen molar-refractivity contribution in [2.45, 2.75) is 65.0 Å². The van der Waals surface area contributed by atoms with Crippen molar-refractivity contribution in [1.82, 2.24) is 5.32 Å². The fourth-order valence-electron chi connectivity index (χ4n) is 7.17. The third kappa shape index (κ3) is 2.63. The molecule has 5 atom stereocenters. The molecule has 2 aliphatic heterocycles. The van der Waals surface area contributed by atoms with Crippen LogP contribution in [0.2, 0.25) is 0 Å². The van der Waals surface area contributed by atoms with Gasteiger partial charge in [-0.3, -0.25) is 4.79 Å². The molecule has 2 bridgehead atoms. The lowest BCUT2D eigenvalue weighted by atomic mass is 9.59. The Morgan fingerprint density at radius 3 is 2.57 bits per heavy atom. The summed E-state index contributed by atoms with van der Waals surface area (Å²) in [6.07, 6.45) is 6.31. The molecule has 1 aromatic rings. The second-order valence-corrected chi connectivity index (χ2v) is 10.3. The molecule has 0 aromatic heterocycles. The molecule has 1 amide bonds. The normalized spacial score (nSPS) is 38.5. The summed E-state index contributed by atoms with van der Waals surface area (Å²) < 4.78 is 6.39. The Labute approximate surface area is 169 Å². The molecule has 2 aliphatic carbocycles. The van der Waals surface area contributed by atoms with E-state index >= 15 is 0 Å². The Bertz CT molecular complexity index is 752. The average Bonchev–Trinajstić information content (AvgIpc) is 3.37. The molecule has 1 aromatic carbocycles. The van der Waals surface area contributed by atoms with Gasteiger partial charge in [0.25, 0.3) is 0 Å². The molecule has 4 heteroatoms. The van der Waals surface area contributed by atoms with E-state index in [0.29, 0.717) is 11.8 Å². The summed E-state index contributed by atoms with van der Waals surface area (Å²) >= 11 is 0. The molecule has 0 radical (unpaired) electrons. The van der Waals surface area contributed by atoms with Crippen LogP contribution in [0.4, 0.5) is 5.69 Å². The number of fused-ring (bicyclic) bond motifs is 1. The van der Waals surface area contributed by atoms with E-state index in [9.17, 15) is 4.79 Å². The van der Waals surface area contributed by atoms with Crippen LogP contribution in [-0.2, 0) is 9.53 Å². The Kier molecular flexibility index (Phi) is 4.28. The SMILES string of the molecule is CC(=O)N[C@H]1C(C)(C)[C@@H]2C[C@@H]3[C@@H](c4ccc(N5CCCC5)cc4)OCC[C@@]31C2. The van der Waals surface area contributed by atoms with Gasteiger partial charge in [0.1, 0.15) is 0 Å². The first-order valence-corrected chi connectivity index (χ1v) is 11.2. The fraction of sp³-hybridized carbons (Fsp3) is 0.708. The van der Waals surface area contributed by atoms with Crippen molar-refractivity contribution >= 4 is 11.6 Å². The number of nitrogens with zero attached hydrogens (tertiary/aromatic N) is 1. The molecular weight excluding hydrogens is 348 g/mol. The molecule has 4 fully saturated rings. The van der Waals surface area contributed by atoms with Crippen molar-refractivity contribution in [2.75, 3.05) is 24.6 Å². The van der Waals surface area contributed by atoms with Crippen LogP contribution in [0, 0.1) is 22.7 Å². The van der Waals surface area contributed by atoms with Crippen molar-refractivity contribution in [2.24, 2.45) is 22.7 Å². The largest absolute Gasteiger partial charge is 0.373 e. The highest BCUT2D eigenvalue weighted by molar-refractivity contribution is 5.73. The van der Waals surface area contributed by atoms with E-state index in [-0.39, 0.29) is 28.9 Å². The second-order valence-electron chi connectivity index (χ2n) is 10.3. The van der Waals surface area contributed by atoms with Crippen LogP contribution in [-0.4, -0.2) is 31.6 Å². The third-order valence-electron chi connectivity index (χ3n) is 8.55. The van der Waals surface area contributed by atoms with Gasteiger partial charge in [0.15, 0.2) is 0 Å². The Morgan fingerprint density at radius 1 is 1.18 bits per heavy atom. The number of rotatable bonds is 3. The van der Waals surface area contributed by atoms with Gasteiger partial charge in [-0.05, 0) is 72.5 Å². The van der Waals surface area contributed by atoms with Crippen LogP contribution in [0.3, 0.4) is 0 Å². The van der Waals surface area contributed by atoms with E-state index in [1.165, 1.54) is 50.0 Å². The molecule has 0 unspecified atom stereocenters. The number of hydrogen-bond acceptors (Lipinski definition) is 3. The van der Waals surface area contributed by atoms with Gasteiger partial charge in [0, 0.05) is 38.3 Å². The summed E-state index contributed by atoms with van der Waals surface area (Å²) in [7, 11) is 0. The van der Waals surface area contributed by atoms with Crippen molar-refractivity contribution in [3.63, 3.8) is 0 Å². The summed E-state index contributed by atoms with van der Waals surface area (Å²) in [5, 5.41) is 3.37. The van der Waals surface area contributed by atoms with Crippen LogP contribution in [0.15, 0.2) is 24.3 Å². The number of carbonyl (C=O) groups excluding carboxylic acids is 1.